The second-order valence-electron chi connectivity index (χ2n) is 4.53. The van der Waals surface area contributed by atoms with Gasteiger partial charge >= 0.3 is 5.97 Å². The van der Waals surface area contributed by atoms with Crippen LogP contribution in [-0.2, 0) is 10.7 Å². The number of carboxylic acids is 1. The summed E-state index contributed by atoms with van der Waals surface area (Å²) in [5, 5.41) is 9.81. The number of benzene rings is 1. The topological polar surface area (TPSA) is 37.3 Å². The van der Waals surface area contributed by atoms with Crippen molar-refractivity contribution in [3.63, 3.8) is 0 Å². The first kappa shape index (κ1) is 12.2. The third-order valence-electron chi connectivity index (χ3n) is 2.28. The van der Waals surface area contributed by atoms with Gasteiger partial charge in [0.1, 0.15) is 0 Å². The van der Waals surface area contributed by atoms with Crippen molar-refractivity contribution in [3.8, 4) is 0 Å². The molecule has 1 aromatic rings. The van der Waals surface area contributed by atoms with Crippen LogP contribution in [-0.4, -0.2) is 11.1 Å². The van der Waals surface area contributed by atoms with Crippen molar-refractivity contribution in [2.24, 2.45) is 0 Å². The molecule has 1 N–H and O–H groups in total. The van der Waals surface area contributed by atoms with E-state index in [1.807, 2.05) is 26.8 Å². The van der Waals surface area contributed by atoms with E-state index in [1.54, 1.807) is 12.1 Å². The molecule has 0 spiro atoms. The molecule has 3 heteroatoms. The van der Waals surface area contributed by atoms with E-state index in [0.29, 0.717) is 10.9 Å². The molecule has 0 unspecified atom stereocenters. The summed E-state index contributed by atoms with van der Waals surface area (Å²) in [6.07, 6.45) is 0. The average Bonchev–Trinajstić information content (AvgIpc) is 2.15. The second-order valence-corrected chi connectivity index (χ2v) is 5.09. The number of carbonyl (C=O) groups is 1. The smallest absolute Gasteiger partial charge is 0.335 e. The summed E-state index contributed by atoms with van der Waals surface area (Å²) >= 11 is 3.39. The molecule has 0 amide bonds. The van der Waals surface area contributed by atoms with E-state index in [0.717, 1.165) is 11.1 Å². The minimum atomic E-state index is -0.859. The van der Waals surface area contributed by atoms with Crippen molar-refractivity contribution in [1.82, 2.24) is 0 Å². The number of aromatic carboxylic acids is 1. The predicted octanol–water partition coefficient (Wildman–Crippen LogP) is 3.58. The highest BCUT2D eigenvalue weighted by molar-refractivity contribution is 9.08. The van der Waals surface area contributed by atoms with Gasteiger partial charge in [-0.25, -0.2) is 4.79 Å². The van der Waals surface area contributed by atoms with E-state index in [4.69, 9.17) is 5.11 Å². The summed E-state index contributed by atoms with van der Waals surface area (Å²) in [4.78, 5) is 11.1. The standard InChI is InChI=1S/C12H15BrO2/c1-12(2,3)10-8(7-13)5-4-6-9(10)11(14)15/h4-6H,7H2,1-3H3,(H,14,15). The first-order valence-corrected chi connectivity index (χ1v) is 5.91. The lowest BCUT2D eigenvalue weighted by atomic mass is 9.81. The summed E-state index contributed by atoms with van der Waals surface area (Å²) < 4.78 is 0. The Hall–Kier alpha value is -0.830. The summed E-state index contributed by atoms with van der Waals surface area (Å²) in [6, 6.07) is 5.41. The summed E-state index contributed by atoms with van der Waals surface area (Å²) in [6.45, 7) is 6.09. The van der Waals surface area contributed by atoms with Crippen molar-refractivity contribution in [2.45, 2.75) is 31.5 Å². The highest BCUT2D eigenvalue weighted by Gasteiger charge is 2.23. The molecule has 0 radical (unpaired) electrons. The maximum absolute atomic E-state index is 11.1. The van der Waals surface area contributed by atoms with Crippen LogP contribution >= 0.6 is 15.9 Å². The van der Waals surface area contributed by atoms with Gasteiger partial charge < -0.3 is 5.11 Å². The Morgan fingerprint density at radius 2 is 2.00 bits per heavy atom. The minimum Gasteiger partial charge on any atom is -0.478 e. The zero-order valence-corrected chi connectivity index (χ0v) is 10.8. The highest BCUT2D eigenvalue weighted by Crippen LogP contribution is 2.30. The van der Waals surface area contributed by atoms with Crippen LogP contribution in [0.15, 0.2) is 18.2 Å². The summed E-state index contributed by atoms with van der Waals surface area (Å²) in [7, 11) is 0. The van der Waals surface area contributed by atoms with Gasteiger partial charge in [-0.2, -0.15) is 0 Å². The molecule has 1 aromatic carbocycles. The fourth-order valence-corrected chi connectivity index (χ4v) is 2.24. The van der Waals surface area contributed by atoms with Crippen LogP contribution in [0, 0.1) is 0 Å². The number of halogens is 1. The lowest BCUT2D eigenvalue weighted by molar-refractivity contribution is 0.0694. The first-order valence-electron chi connectivity index (χ1n) is 4.79. The van der Waals surface area contributed by atoms with Crippen LogP contribution in [0.2, 0.25) is 0 Å². The third kappa shape index (κ3) is 2.59. The van der Waals surface area contributed by atoms with Gasteiger partial charge in [-0.3, -0.25) is 0 Å². The number of alkyl halides is 1. The zero-order chi connectivity index (χ0) is 11.6. The Bertz CT molecular complexity index is 378. The third-order valence-corrected chi connectivity index (χ3v) is 2.88. The van der Waals surface area contributed by atoms with E-state index >= 15 is 0 Å². The van der Waals surface area contributed by atoms with Gasteiger partial charge in [0.05, 0.1) is 5.56 Å². The fourth-order valence-electron chi connectivity index (χ4n) is 1.78. The van der Waals surface area contributed by atoms with Gasteiger partial charge in [0.25, 0.3) is 0 Å². The van der Waals surface area contributed by atoms with E-state index in [-0.39, 0.29) is 5.41 Å². The first-order chi connectivity index (χ1) is 6.88. The molecule has 0 heterocycles. The molecule has 0 atom stereocenters. The van der Waals surface area contributed by atoms with E-state index in [9.17, 15) is 4.79 Å². The molecule has 0 fully saturated rings. The molecule has 0 bridgehead atoms. The molecule has 0 saturated carbocycles. The number of carboxylic acid groups (broad SMARTS) is 1. The zero-order valence-electron chi connectivity index (χ0n) is 9.17. The molecule has 15 heavy (non-hydrogen) atoms. The number of hydrogen-bond donors (Lipinski definition) is 1. The molecule has 0 aliphatic carbocycles. The second kappa shape index (κ2) is 4.35. The van der Waals surface area contributed by atoms with Crippen molar-refractivity contribution in [2.75, 3.05) is 0 Å². The number of hydrogen-bond acceptors (Lipinski definition) is 1. The van der Waals surface area contributed by atoms with Crippen molar-refractivity contribution in [3.05, 3.63) is 34.9 Å². The Kier molecular flexibility index (Phi) is 3.55. The molecule has 0 aliphatic heterocycles. The fraction of sp³-hybridized carbons (Fsp3) is 0.417. The molecular formula is C12H15BrO2. The lowest BCUT2D eigenvalue weighted by Crippen LogP contribution is -2.19. The Morgan fingerprint density at radius 3 is 2.40 bits per heavy atom. The van der Waals surface area contributed by atoms with E-state index in [2.05, 4.69) is 15.9 Å². The Labute approximate surface area is 98.4 Å². The molecule has 0 aliphatic rings. The van der Waals surface area contributed by atoms with Crippen LogP contribution in [0.4, 0.5) is 0 Å². The van der Waals surface area contributed by atoms with E-state index < -0.39 is 5.97 Å². The molecular weight excluding hydrogens is 256 g/mol. The van der Waals surface area contributed by atoms with Gasteiger partial charge in [-0.05, 0) is 22.6 Å². The van der Waals surface area contributed by atoms with Crippen molar-refractivity contribution >= 4 is 21.9 Å². The largest absolute Gasteiger partial charge is 0.478 e. The monoisotopic (exact) mass is 270 g/mol. The van der Waals surface area contributed by atoms with Crippen LogP contribution in [0.3, 0.4) is 0 Å². The van der Waals surface area contributed by atoms with Crippen LogP contribution in [0.1, 0.15) is 42.3 Å². The molecule has 2 nitrogen and oxygen atoms in total. The highest BCUT2D eigenvalue weighted by atomic mass is 79.9. The summed E-state index contributed by atoms with van der Waals surface area (Å²) in [5.41, 5.74) is 2.20. The lowest BCUT2D eigenvalue weighted by Gasteiger charge is -2.24. The quantitative estimate of drug-likeness (QED) is 0.835. The summed E-state index contributed by atoms with van der Waals surface area (Å²) in [5.74, 6) is -0.859. The molecule has 0 saturated heterocycles. The predicted molar refractivity (Wildman–Crippen MR) is 64.7 cm³/mol. The Morgan fingerprint density at radius 1 is 1.40 bits per heavy atom. The van der Waals surface area contributed by atoms with Gasteiger partial charge in [0, 0.05) is 5.33 Å². The maximum atomic E-state index is 11.1. The van der Waals surface area contributed by atoms with Crippen LogP contribution in [0.5, 0.6) is 0 Å². The van der Waals surface area contributed by atoms with Crippen molar-refractivity contribution < 1.29 is 9.90 Å². The number of rotatable bonds is 2. The van der Waals surface area contributed by atoms with Crippen molar-refractivity contribution in [1.29, 1.82) is 0 Å². The maximum Gasteiger partial charge on any atom is 0.335 e. The normalized spacial score (nSPS) is 11.5. The molecule has 0 aromatic heterocycles. The Balaban J connectivity index is 3.47. The SMILES string of the molecule is CC(C)(C)c1c(CBr)cccc1C(=O)O. The van der Waals surface area contributed by atoms with Gasteiger partial charge in [-0.1, -0.05) is 48.8 Å². The van der Waals surface area contributed by atoms with Crippen LogP contribution < -0.4 is 0 Å². The minimum absolute atomic E-state index is 0.155. The van der Waals surface area contributed by atoms with Crippen LogP contribution in [0.25, 0.3) is 0 Å². The van der Waals surface area contributed by atoms with Gasteiger partial charge in [-0.15, -0.1) is 0 Å². The molecule has 82 valence electrons. The van der Waals surface area contributed by atoms with Gasteiger partial charge in [0.2, 0.25) is 0 Å². The van der Waals surface area contributed by atoms with E-state index in [1.165, 1.54) is 0 Å². The molecule has 1 rings (SSSR count). The average molecular weight is 271 g/mol. The van der Waals surface area contributed by atoms with Gasteiger partial charge in [0.15, 0.2) is 0 Å².